The van der Waals surface area contributed by atoms with Crippen molar-refractivity contribution in [1.29, 1.82) is 0 Å². The van der Waals surface area contributed by atoms with Gasteiger partial charge in [-0.25, -0.2) is 0 Å². The van der Waals surface area contributed by atoms with Gasteiger partial charge in [-0.05, 0) is 25.0 Å². The largest absolute Gasteiger partial charge is 0.468 e. The molecule has 1 fully saturated rings. The highest BCUT2D eigenvalue weighted by Gasteiger charge is 2.12. The van der Waals surface area contributed by atoms with Crippen LogP contribution in [0.5, 0.6) is 0 Å². The number of rotatable bonds is 3. The zero-order valence-electron chi connectivity index (χ0n) is 7.66. The van der Waals surface area contributed by atoms with E-state index in [1.165, 1.54) is 0 Å². The van der Waals surface area contributed by atoms with E-state index in [2.05, 4.69) is 5.32 Å². The van der Waals surface area contributed by atoms with Gasteiger partial charge >= 0.3 is 0 Å². The molecule has 1 aliphatic rings. The van der Waals surface area contributed by atoms with Gasteiger partial charge in [-0.3, -0.25) is 0 Å². The van der Waals surface area contributed by atoms with Crippen molar-refractivity contribution >= 4 is 0 Å². The Kier molecular flexibility index (Phi) is 3.00. The molecular formula is C10H15NO2. The lowest BCUT2D eigenvalue weighted by Gasteiger charge is -2.22. The highest BCUT2D eigenvalue weighted by molar-refractivity contribution is 4.97. The van der Waals surface area contributed by atoms with Crippen molar-refractivity contribution in [2.45, 2.75) is 25.4 Å². The van der Waals surface area contributed by atoms with E-state index in [1.54, 1.807) is 6.26 Å². The van der Waals surface area contributed by atoms with Gasteiger partial charge in [-0.15, -0.1) is 0 Å². The molecular weight excluding hydrogens is 166 g/mol. The maximum atomic E-state index is 5.27. The normalized spacial score (nSPS) is 19.1. The highest BCUT2D eigenvalue weighted by Crippen LogP contribution is 2.07. The van der Waals surface area contributed by atoms with Gasteiger partial charge in [-0.2, -0.15) is 0 Å². The lowest BCUT2D eigenvalue weighted by molar-refractivity contribution is 0.0771. The summed E-state index contributed by atoms with van der Waals surface area (Å²) in [6.45, 7) is 2.60. The van der Waals surface area contributed by atoms with Crippen LogP contribution >= 0.6 is 0 Å². The van der Waals surface area contributed by atoms with Gasteiger partial charge in [0.05, 0.1) is 12.8 Å². The van der Waals surface area contributed by atoms with E-state index in [0.29, 0.717) is 6.04 Å². The Morgan fingerprint density at radius 3 is 2.92 bits per heavy atom. The Hall–Kier alpha value is -0.800. The summed E-state index contributed by atoms with van der Waals surface area (Å²) >= 11 is 0. The molecule has 1 aliphatic heterocycles. The summed E-state index contributed by atoms with van der Waals surface area (Å²) < 4.78 is 10.5. The molecule has 0 spiro atoms. The number of nitrogens with one attached hydrogen (secondary N) is 1. The molecule has 0 aromatic carbocycles. The van der Waals surface area contributed by atoms with Gasteiger partial charge < -0.3 is 14.5 Å². The first-order valence-corrected chi connectivity index (χ1v) is 4.78. The van der Waals surface area contributed by atoms with Crippen molar-refractivity contribution in [1.82, 2.24) is 5.32 Å². The molecule has 3 nitrogen and oxygen atoms in total. The van der Waals surface area contributed by atoms with E-state index in [0.717, 1.165) is 38.4 Å². The molecule has 1 saturated heterocycles. The van der Waals surface area contributed by atoms with Crippen LogP contribution in [0.25, 0.3) is 0 Å². The van der Waals surface area contributed by atoms with Crippen LogP contribution in [0.2, 0.25) is 0 Å². The van der Waals surface area contributed by atoms with E-state index >= 15 is 0 Å². The van der Waals surface area contributed by atoms with Crippen molar-refractivity contribution in [3.63, 3.8) is 0 Å². The molecule has 1 N–H and O–H groups in total. The lowest BCUT2D eigenvalue weighted by Crippen LogP contribution is -2.34. The smallest absolute Gasteiger partial charge is 0.117 e. The van der Waals surface area contributed by atoms with E-state index in [4.69, 9.17) is 9.15 Å². The third-order valence-electron chi connectivity index (χ3n) is 2.37. The molecule has 2 heterocycles. The van der Waals surface area contributed by atoms with Crippen molar-refractivity contribution < 1.29 is 9.15 Å². The fraction of sp³-hybridized carbons (Fsp3) is 0.600. The van der Waals surface area contributed by atoms with Crippen LogP contribution in [-0.4, -0.2) is 19.3 Å². The monoisotopic (exact) mass is 181 g/mol. The third-order valence-corrected chi connectivity index (χ3v) is 2.37. The van der Waals surface area contributed by atoms with Gasteiger partial charge in [0.2, 0.25) is 0 Å². The Bertz CT molecular complexity index is 227. The van der Waals surface area contributed by atoms with E-state index < -0.39 is 0 Å². The number of ether oxygens (including phenoxy) is 1. The molecule has 0 atom stereocenters. The minimum absolute atomic E-state index is 0.596. The summed E-state index contributed by atoms with van der Waals surface area (Å²) in [4.78, 5) is 0. The van der Waals surface area contributed by atoms with Crippen LogP contribution in [-0.2, 0) is 11.3 Å². The molecule has 0 amide bonds. The first-order valence-electron chi connectivity index (χ1n) is 4.78. The summed E-state index contributed by atoms with van der Waals surface area (Å²) in [5.41, 5.74) is 0. The van der Waals surface area contributed by atoms with Gasteiger partial charge in [0, 0.05) is 19.3 Å². The van der Waals surface area contributed by atoms with Crippen molar-refractivity contribution in [2.24, 2.45) is 0 Å². The SMILES string of the molecule is c1coc(CNC2CCOCC2)c1. The maximum absolute atomic E-state index is 5.27. The molecule has 0 aliphatic carbocycles. The predicted octanol–water partition coefficient (Wildman–Crippen LogP) is 1.55. The van der Waals surface area contributed by atoms with E-state index in [-0.39, 0.29) is 0 Å². The Morgan fingerprint density at radius 2 is 2.23 bits per heavy atom. The quantitative estimate of drug-likeness (QED) is 0.768. The molecule has 2 rings (SSSR count). The van der Waals surface area contributed by atoms with Crippen LogP contribution in [0.3, 0.4) is 0 Å². The average Bonchev–Trinajstić information content (AvgIpc) is 2.69. The summed E-state index contributed by atoms with van der Waals surface area (Å²) in [6.07, 6.45) is 3.93. The molecule has 13 heavy (non-hydrogen) atoms. The minimum Gasteiger partial charge on any atom is -0.468 e. The average molecular weight is 181 g/mol. The fourth-order valence-corrected chi connectivity index (χ4v) is 1.56. The number of hydrogen-bond acceptors (Lipinski definition) is 3. The van der Waals surface area contributed by atoms with Crippen LogP contribution in [0.4, 0.5) is 0 Å². The zero-order chi connectivity index (χ0) is 8.93. The minimum atomic E-state index is 0.596. The molecule has 0 radical (unpaired) electrons. The highest BCUT2D eigenvalue weighted by atomic mass is 16.5. The summed E-state index contributed by atoms with van der Waals surface area (Å²) in [5, 5.41) is 3.45. The molecule has 72 valence electrons. The second kappa shape index (κ2) is 4.44. The number of furan rings is 1. The zero-order valence-corrected chi connectivity index (χ0v) is 7.66. The summed E-state index contributed by atoms with van der Waals surface area (Å²) in [6, 6.07) is 4.51. The van der Waals surface area contributed by atoms with Crippen LogP contribution in [0.15, 0.2) is 22.8 Å². The standard InChI is InChI=1S/C10H15NO2/c1-2-10(13-5-1)8-11-9-3-6-12-7-4-9/h1-2,5,9,11H,3-4,6-8H2. The van der Waals surface area contributed by atoms with Gasteiger partial charge in [-0.1, -0.05) is 0 Å². The predicted molar refractivity (Wildman–Crippen MR) is 49.4 cm³/mol. The Balaban J connectivity index is 1.72. The number of hydrogen-bond donors (Lipinski definition) is 1. The Labute approximate surface area is 78.1 Å². The van der Waals surface area contributed by atoms with Crippen LogP contribution < -0.4 is 5.32 Å². The van der Waals surface area contributed by atoms with Gasteiger partial charge in [0.15, 0.2) is 0 Å². The molecule has 0 unspecified atom stereocenters. The van der Waals surface area contributed by atoms with Crippen LogP contribution in [0, 0.1) is 0 Å². The second-order valence-corrected chi connectivity index (χ2v) is 3.35. The molecule has 0 saturated carbocycles. The first kappa shape index (κ1) is 8.78. The van der Waals surface area contributed by atoms with Gasteiger partial charge in [0.1, 0.15) is 5.76 Å². The second-order valence-electron chi connectivity index (χ2n) is 3.35. The van der Waals surface area contributed by atoms with Gasteiger partial charge in [0.25, 0.3) is 0 Å². The third kappa shape index (κ3) is 2.57. The lowest BCUT2D eigenvalue weighted by atomic mass is 10.1. The first-order chi connectivity index (χ1) is 6.45. The van der Waals surface area contributed by atoms with E-state index in [9.17, 15) is 0 Å². The van der Waals surface area contributed by atoms with Crippen LogP contribution in [0.1, 0.15) is 18.6 Å². The van der Waals surface area contributed by atoms with Crippen molar-refractivity contribution in [3.8, 4) is 0 Å². The maximum Gasteiger partial charge on any atom is 0.117 e. The molecule has 3 heteroatoms. The van der Waals surface area contributed by atoms with E-state index in [1.807, 2.05) is 12.1 Å². The topological polar surface area (TPSA) is 34.4 Å². The fourth-order valence-electron chi connectivity index (χ4n) is 1.56. The van der Waals surface area contributed by atoms with Crippen molar-refractivity contribution in [3.05, 3.63) is 24.2 Å². The molecule has 0 bridgehead atoms. The summed E-state index contributed by atoms with van der Waals surface area (Å²) in [5.74, 6) is 1.01. The summed E-state index contributed by atoms with van der Waals surface area (Å²) in [7, 11) is 0. The molecule has 1 aromatic rings. The molecule has 1 aromatic heterocycles. The van der Waals surface area contributed by atoms with Crippen molar-refractivity contribution in [2.75, 3.05) is 13.2 Å². The Morgan fingerprint density at radius 1 is 1.38 bits per heavy atom.